The lowest BCUT2D eigenvalue weighted by Crippen LogP contribution is -2.07. The second kappa shape index (κ2) is 7.94. The van der Waals surface area contributed by atoms with Crippen molar-refractivity contribution in [2.45, 2.75) is 33.4 Å². The van der Waals surface area contributed by atoms with Crippen LogP contribution in [0.1, 0.15) is 30.2 Å². The van der Waals surface area contributed by atoms with E-state index in [9.17, 15) is 0 Å². The Bertz CT molecular complexity index is 892. The van der Waals surface area contributed by atoms with Gasteiger partial charge in [-0.15, -0.1) is 0 Å². The third-order valence-electron chi connectivity index (χ3n) is 4.33. The minimum absolute atomic E-state index is 0.488. The summed E-state index contributed by atoms with van der Waals surface area (Å²) in [6.07, 6.45) is 2.98. The Balaban J connectivity index is 1.83. The number of aromatic nitrogens is 1. The molecule has 0 amide bonds. The van der Waals surface area contributed by atoms with Gasteiger partial charge in [-0.3, -0.25) is 0 Å². The first-order valence-corrected chi connectivity index (χ1v) is 9.15. The van der Waals surface area contributed by atoms with Gasteiger partial charge in [-0.1, -0.05) is 54.4 Å². The van der Waals surface area contributed by atoms with Crippen molar-refractivity contribution in [2.24, 2.45) is 5.10 Å². The number of nitrogens with zero attached hydrogens (tertiary/aromatic N) is 2. The molecule has 130 valence electrons. The van der Waals surface area contributed by atoms with Crippen LogP contribution < -0.4 is 5.43 Å². The maximum Gasteiger partial charge on any atom is 0.0609 e. The van der Waals surface area contributed by atoms with Crippen LogP contribution in [0.2, 0.25) is 10.0 Å². The van der Waals surface area contributed by atoms with Crippen molar-refractivity contribution >= 4 is 40.3 Å². The van der Waals surface area contributed by atoms with Crippen LogP contribution in [0, 0.1) is 6.92 Å². The SMILES string of the molecule is CCCn1c(C)c(/C=N/NCc2c(Cl)cccc2Cl)c2ccccc21. The number of halogens is 2. The van der Waals surface area contributed by atoms with Gasteiger partial charge in [0.15, 0.2) is 0 Å². The predicted octanol–water partition coefficient (Wildman–Crippen LogP) is 5.79. The van der Waals surface area contributed by atoms with Gasteiger partial charge in [0.1, 0.15) is 0 Å². The van der Waals surface area contributed by atoms with E-state index in [1.807, 2.05) is 24.4 Å². The number of hydrazone groups is 1. The van der Waals surface area contributed by atoms with Crippen LogP contribution in [-0.4, -0.2) is 10.8 Å². The van der Waals surface area contributed by atoms with Crippen LogP contribution in [0.3, 0.4) is 0 Å². The summed E-state index contributed by atoms with van der Waals surface area (Å²) in [6, 6.07) is 13.9. The van der Waals surface area contributed by atoms with Gasteiger partial charge < -0.3 is 9.99 Å². The van der Waals surface area contributed by atoms with Gasteiger partial charge in [-0.25, -0.2) is 0 Å². The first kappa shape index (κ1) is 17.8. The smallest absolute Gasteiger partial charge is 0.0609 e. The molecule has 0 spiro atoms. The van der Waals surface area contributed by atoms with E-state index in [4.69, 9.17) is 23.2 Å². The van der Waals surface area contributed by atoms with Crippen LogP contribution in [0.25, 0.3) is 10.9 Å². The van der Waals surface area contributed by atoms with Gasteiger partial charge in [0, 0.05) is 44.3 Å². The fourth-order valence-corrected chi connectivity index (χ4v) is 3.60. The van der Waals surface area contributed by atoms with Gasteiger partial charge in [0.05, 0.1) is 12.8 Å². The van der Waals surface area contributed by atoms with Gasteiger partial charge >= 0.3 is 0 Å². The van der Waals surface area contributed by atoms with Crippen molar-refractivity contribution in [3.8, 4) is 0 Å². The van der Waals surface area contributed by atoms with Crippen LogP contribution in [-0.2, 0) is 13.1 Å². The monoisotopic (exact) mass is 373 g/mol. The number of nitrogens with one attached hydrogen (secondary N) is 1. The van der Waals surface area contributed by atoms with Crippen molar-refractivity contribution in [3.05, 3.63) is 69.3 Å². The maximum atomic E-state index is 6.19. The summed E-state index contributed by atoms with van der Waals surface area (Å²) in [5, 5.41) is 6.90. The normalized spacial score (nSPS) is 11.5. The molecule has 3 aromatic rings. The number of aryl methyl sites for hydroxylation is 1. The fourth-order valence-electron chi connectivity index (χ4n) is 3.07. The van der Waals surface area contributed by atoms with Crippen molar-refractivity contribution < 1.29 is 0 Å². The molecule has 0 aliphatic carbocycles. The lowest BCUT2D eigenvalue weighted by Gasteiger charge is -2.06. The zero-order valence-corrected chi connectivity index (χ0v) is 15.9. The largest absolute Gasteiger partial charge is 0.344 e. The molecule has 5 heteroatoms. The highest BCUT2D eigenvalue weighted by Crippen LogP contribution is 2.25. The molecule has 0 saturated carbocycles. The maximum absolute atomic E-state index is 6.19. The molecule has 3 nitrogen and oxygen atoms in total. The topological polar surface area (TPSA) is 29.3 Å². The second-order valence-electron chi connectivity index (χ2n) is 5.96. The second-order valence-corrected chi connectivity index (χ2v) is 6.78. The van der Waals surface area contributed by atoms with E-state index in [0.717, 1.165) is 24.1 Å². The third-order valence-corrected chi connectivity index (χ3v) is 5.04. The number of hydrogen-bond acceptors (Lipinski definition) is 2. The Morgan fingerprint density at radius 1 is 1.08 bits per heavy atom. The van der Waals surface area contributed by atoms with Crippen LogP contribution in [0.4, 0.5) is 0 Å². The standard InChI is InChI=1S/C20H21Cl2N3/c1-3-11-25-14(2)16(15-7-4-5-10-20(15)25)12-23-24-13-17-18(21)8-6-9-19(17)22/h4-10,12,24H,3,11,13H2,1-2H3/b23-12+. The van der Waals surface area contributed by atoms with Crippen molar-refractivity contribution in [1.29, 1.82) is 0 Å². The van der Waals surface area contributed by atoms with Crippen LogP contribution in [0.15, 0.2) is 47.6 Å². The minimum atomic E-state index is 0.488. The molecule has 1 N–H and O–H groups in total. The van der Waals surface area contributed by atoms with Crippen LogP contribution >= 0.6 is 23.2 Å². The highest BCUT2D eigenvalue weighted by Gasteiger charge is 2.11. The van der Waals surface area contributed by atoms with E-state index in [1.54, 1.807) is 0 Å². The first-order valence-electron chi connectivity index (χ1n) is 8.40. The summed E-state index contributed by atoms with van der Waals surface area (Å²) in [5.41, 5.74) is 7.53. The molecule has 25 heavy (non-hydrogen) atoms. The van der Waals surface area contributed by atoms with Gasteiger partial charge in [-0.05, 0) is 31.5 Å². The fraction of sp³-hybridized carbons (Fsp3) is 0.250. The summed E-state index contributed by atoms with van der Waals surface area (Å²) >= 11 is 12.4. The summed E-state index contributed by atoms with van der Waals surface area (Å²) in [5.74, 6) is 0. The Kier molecular flexibility index (Phi) is 5.67. The van der Waals surface area contributed by atoms with Crippen LogP contribution in [0.5, 0.6) is 0 Å². The Morgan fingerprint density at radius 2 is 1.80 bits per heavy atom. The molecule has 0 saturated heterocycles. The molecule has 0 aliphatic rings. The summed E-state index contributed by atoms with van der Waals surface area (Å²) in [7, 11) is 0. The number of benzene rings is 2. The summed E-state index contributed by atoms with van der Waals surface area (Å²) in [4.78, 5) is 0. The average Bonchev–Trinajstić information content (AvgIpc) is 2.87. The quantitative estimate of drug-likeness (QED) is 0.429. The molecule has 0 fully saturated rings. The Hall–Kier alpha value is -1.97. The number of rotatable bonds is 6. The molecule has 0 unspecified atom stereocenters. The van der Waals surface area contributed by atoms with Crippen molar-refractivity contribution in [3.63, 3.8) is 0 Å². The van der Waals surface area contributed by atoms with Gasteiger partial charge in [0.2, 0.25) is 0 Å². The molecule has 3 rings (SSSR count). The van der Waals surface area contributed by atoms with E-state index in [-0.39, 0.29) is 0 Å². The zero-order valence-electron chi connectivity index (χ0n) is 14.4. The lowest BCUT2D eigenvalue weighted by atomic mass is 10.1. The summed E-state index contributed by atoms with van der Waals surface area (Å²) < 4.78 is 2.35. The minimum Gasteiger partial charge on any atom is -0.344 e. The average molecular weight is 374 g/mol. The van der Waals surface area contributed by atoms with Crippen molar-refractivity contribution in [2.75, 3.05) is 0 Å². The first-order chi connectivity index (χ1) is 12.1. The highest BCUT2D eigenvalue weighted by molar-refractivity contribution is 6.35. The zero-order chi connectivity index (χ0) is 17.8. The third kappa shape index (κ3) is 3.68. The predicted molar refractivity (Wildman–Crippen MR) is 108 cm³/mol. The molecular formula is C20H21Cl2N3. The summed E-state index contributed by atoms with van der Waals surface area (Å²) in [6.45, 7) is 5.82. The molecule has 0 atom stereocenters. The molecule has 0 radical (unpaired) electrons. The molecule has 0 aliphatic heterocycles. The van der Waals surface area contributed by atoms with Gasteiger partial charge in [0.25, 0.3) is 0 Å². The number of hydrogen-bond donors (Lipinski definition) is 1. The van der Waals surface area contributed by atoms with E-state index in [2.05, 4.69) is 53.2 Å². The van der Waals surface area contributed by atoms with Crippen molar-refractivity contribution in [1.82, 2.24) is 9.99 Å². The molecule has 1 aromatic heterocycles. The Morgan fingerprint density at radius 3 is 2.52 bits per heavy atom. The number of para-hydroxylation sites is 1. The lowest BCUT2D eigenvalue weighted by molar-refractivity contribution is 0.685. The molecule has 1 heterocycles. The van der Waals surface area contributed by atoms with E-state index >= 15 is 0 Å². The Labute approximate surface area is 158 Å². The number of fused-ring (bicyclic) bond motifs is 1. The molecular weight excluding hydrogens is 353 g/mol. The van der Waals surface area contributed by atoms with E-state index in [0.29, 0.717) is 16.6 Å². The highest BCUT2D eigenvalue weighted by atomic mass is 35.5. The van der Waals surface area contributed by atoms with Gasteiger partial charge in [-0.2, -0.15) is 5.10 Å². The van der Waals surface area contributed by atoms with E-state index in [1.165, 1.54) is 16.6 Å². The molecule has 0 bridgehead atoms. The molecule has 2 aromatic carbocycles. The van der Waals surface area contributed by atoms with E-state index < -0.39 is 0 Å².